The lowest BCUT2D eigenvalue weighted by Gasteiger charge is -2.53. The predicted molar refractivity (Wildman–Crippen MR) is 84.3 cm³/mol. The van der Waals surface area contributed by atoms with Crippen molar-refractivity contribution in [1.82, 2.24) is 5.32 Å². The summed E-state index contributed by atoms with van der Waals surface area (Å²) in [6.45, 7) is 0. The van der Waals surface area contributed by atoms with E-state index in [4.69, 9.17) is 39.5 Å². The second-order valence-corrected chi connectivity index (χ2v) is 7.04. The summed E-state index contributed by atoms with van der Waals surface area (Å²) in [7, 11) is 2.03. The Balaban J connectivity index is 1.80. The zero-order valence-electron chi connectivity index (χ0n) is 11.4. The molecule has 2 atom stereocenters. The van der Waals surface area contributed by atoms with Crippen molar-refractivity contribution in [2.45, 2.75) is 44.2 Å². The maximum absolute atomic E-state index is 6.21. The quantitative estimate of drug-likeness (QED) is 0.790. The Labute approximate surface area is 134 Å². The molecule has 2 aliphatic rings. The van der Waals surface area contributed by atoms with E-state index < -0.39 is 0 Å². The molecular formula is C15H18Cl3NO. The normalized spacial score (nSPS) is 27.6. The van der Waals surface area contributed by atoms with Crippen molar-refractivity contribution in [3.63, 3.8) is 0 Å². The Hall–Kier alpha value is -0.150. The van der Waals surface area contributed by atoms with Crippen LogP contribution in [-0.4, -0.2) is 19.2 Å². The standard InChI is InChI=1S/C15H18Cl3NO/c1-19-13-8-14(15(13)4-2-3-5-15)20-12-7-10(17)9(16)6-11(12)18/h6-7,13-14,19H,2-5,8H2,1H3. The van der Waals surface area contributed by atoms with Crippen LogP contribution in [0.15, 0.2) is 12.1 Å². The molecule has 1 aromatic rings. The molecule has 0 heterocycles. The van der Waals surface area contributed by atoms with Crippen LogP contribution < -0.4 is 10.1 Å². The van der Waals surface area contributed by atoms with Gasteiger partial charge in [-0.3, -0.25) is 0 Å². The SMILES string of the molecule is CNC1CC(Oc2cc(Cl)c(Cl)cc2Cl)C12CCCC2. The Morgan fingerprint density at radius 1 is 1.10 bits per heavy atom. The van der Waals surface area contributed by atoms with Crippen LogP contribution in [0, 0.1) is 5.41 Å². The van der Waals surface area contributed by atoms with Crippen molar-refractivity contribution in [3.05, 3.63) is 27.2 Å². The van der Waals surface area contributed by atoms with Crippen LogP contribution in [-0.2, 0) is 0 Å². The third-order valence-electron chi connectivity index (χ3n) is 4.91. The molecule has 0 aliphatic heterocycles. The second kappa shape index (κ2) is 5.57. The number of benzene rings is 1. The number of hydrogen-bond acceptors (Lipinski definition) is 2. The summed E-state index contributed by atoms with van der Waals surface area (Å²) in [5.74, 6) is 0.645. The van der Waals surface area contributed by atoms with Gasteiger partial charge in [0.2, 0.25) is 0 Å². The zero-order chi connectivity index (χ0) is 14.3. The third kappa shape index (κ3) is 2.31. The predicted octanol–water partition coefficient (Wildman–Crippen LogP) is 4.95. The highest BCUT2D eigenvalue weighted by Gasteiger charge is 2.57. The van der Waals surface area contributed by atoms with Crippen LogP contribution in [0.2, 0.25) is 15.1 Å². The maximum Gasteiger partial charge on any atom is 0.139 e. The summed E-state index contributed by atoms with van der Waals surface area (Å²) in [6.07, 6.45) is 6.26. The average Bonchev–Trinajstić information content (AvgIpc) is 2.92. The molecule has 2 unspecified atom stereocenters. The fraction of sp³-hybridized carbons (Fsp3) is 0.600. The molecule has 1 aromatic carbocycles. The smallest absolute Gasteiger partial charge is 0.139 e. The van der Waals surface area contributed by atoms with Gasteiger partial charge in [-0.25, -0.2) is 0 Å². The molecule has 110 valence electrons. The van der Waals surface area contributed by atoms with Gasteiger partial charge in [0.25, 0.3) is 0 Å². The summed E-state index contributed by atoms with van der Waals surface area (Å²) < 4.78 is 6.17. The highest BCUT2D eigenvalue weighted by Crippen LogP contribution is 2.55. The number of halogens is 3. The van der Waals surface area contributed by atoms with Crippen molar-refractivity contribution in [1.29, 1.82) is 0 Å². The topological polar surface area (TPSA) is 21.3 Å². The van der Waals surface area contributed by atoms with E-state index in [0.29, 0.717) is 26.9 Å². The first kappa shape index (κ1) is 14.8. The lowest BCUT2D eigenvalue weighted by Crippen LogP contribution is -2.63. The van der Waals surface area contributed by atoms with Gasteiger partial charge in [0.05, 0.1) is 15.1 Å². The van der Waals surface area contributed by atoms with Crippen molar-refractivity contribution in [2.75, 3.05) is 7.05 Å². The highest BCUT2D eigenvalue weighted by molar-refractivity contribution is 6.43. The molecule has 5 heteroatoms. The number of rotatable bonds is 3. The number of ether oxygens (including phenoxy) is 1. The van der Waals surface area contributed by atoms with Crippen molar-refractivity contribution in [3.8, 4) is 5.75 Å². The highest BCUT2D eigenvalue weighted by atomic mass is 35.5. The fourth-order valence-electron chi connectivity index (χ4n) is 3.77. The minimum Gasteiger partial charge on any atom is -0.488 e. The van der Waals surface area contributed by atoms with E-state index in [2.05, 4.69) is 5.32 Å². The molecule has 0 bridgehead atoms. The molecule has 2 nitrogen and oxygen atoms in total. The average molecular weight is 335 g/mol. The van der Waals surface area contributed by atoms with E-state index in [0.717, 1.165) is 6.42 Å². The first-order valence-electron chi connectivity index (χ1n) is 7.05. The molecule has 1 spiro atoms. The molecule has 20 heavy (non-hydrogen) atoms. The van der Waals surface area contributed by atoms with Gasteiger partial charge in [0.15, 0.2) is 0 Å². The largest absolute Gasteiger partial charge is 0.488 e. The fourth-order valence-corrected chi connectivity index (χ4v) is 4.35. The molecule has 3 rings (SSSR count). The number of nitrogens with one attached hydrogen (secondary N) is 1. The molecule has 1 N–H and O–H groups in total. The van der Waals surface area contributed by atoms with Gasteiger partial charge in [-0.2, -0.15) is 0 Å². The molecule has 2 fully saturated rings. The lowest BCUT2D eigenvalue weighted by molar-refractivity contribution is -0.0735. The van der Waals surface area contributed by atoms with Crippen molar-refractivity contribution >= 4 is 34.8 Å². The first-order chi connectivity index (χ1) is 9.56. The summed E-state index contributed by atoms with van der Waals surface area (Å²) in [5, 5.41) is 4.90. The van der Waals surface area contributed by atoms with Crippen LogP contribution in [0.1, 0.15) is 32.1 Å². The van der Waals surface area contributed by atoms with Crippen LogP contribution in [0.3, 0.4) is 0 Å². The van der Waals surface area contributed by atoms with E-state index in [1.165, 1.54) is 25.7 Å². The molecule has 0 amide bonds. The van der Waals surface area contributed by atoms with E-state index in [1.807, 2.05) is 7.05 Å². The van der Waals surface area contributed by atoms with Crippen molar-refractivity contribution in [2.24, 2.45) is 5.41 Å². The van der Waals surface area contributed by atoms with Crippen LogP contribution in [0.25, 0.3) is 0 Å². The summed E-state index contributed by atoms with van der Waals surface area (Å²) >= 11 is 18.2. The van der Waals surface area contributed by atoms with Crippen LogP contribution in [0.5, 0.6) is 5.75 Å². The van der Waals surface area contributed by atoms with Gasteiger partial charge in [0, 0.05) is 23.9 Å². The molecule has 0 saturated heterocycles. The third-order valence-corrected chi connectivity index (χ3v) is 5.93. The Morgan fingerprint density at radius 3 is 2.40 bits per heavy atom. The molecule has 0 aromatic heterocycles. The molecule has 2 aliphatic carbocycles. The van der Waals surface area contributed by atoms with Gasteiger partial charge in [-0.15, -0.1) is 0 Å². The summed E-state index contributed by atoms with van der Waals surface area (Å²) in [5.41, 5.74) is 0.268. The van der Waals surface area contributed by atoms with Gasteiger partial charge in [-0.1, -0.05) is 47.6 Å². The Bertz CT molecular complexity index is 514. The van der Waals surface area contributed by atoms with Gasteiger partial charge >= 0.3 is 0 Å². The van der Waals surface area contributed by atoms with Crippen LogP contribution >= 0.6 is 34.8 Å². The maximum atomic E-state index is 6.21. The van der Waals surface area contributed by atoms with E-state index in [9.17, 15) is 0 Å². The van der Waals surface area contributed by atoms with Gasteiger partial charge in [-0.05, 0) is 26.0 Å². The van der Waals surface area contributed by atoms with Gasteiger partial charge < -0.3 is 10.1 Å². The molecule has 0 radical (unpaired) electrons. The first-order valence-corrected chi connectivity index (χ1v) is 8.18. The second-order valence-electron chi connectivity index (χ2n) is 5.82. The summed E-state index contributed by atoms with van der Waals surface area (Å²) in [6, 6.07) is 3.93. The monoisotopic (exact) mass is 333 g/mol. The van der Waals surface area contributed by atoms with E-state index in [1.54, 1.807) is 12.1 Å². The Morgan fingerprint density at radius 2 is 1.75 bits per heavy atom. The van der Waals surface area contributed by atoms with E-state index >= 15 is 0 Å². The van der Waals surface area contributed by atoms with Crippen LogP contribution in [0.4, 0.5) is 0 Å². The van der Waals surface area contributed by atoms with Crippen molar-refractivity contribution < 1.29 is 4.74 Å². The molecular weight excluding hydrogens is 317 g/mol. The lowest BCUT2D eigenvalue weighted by atomic mass is 9.60. The summed E-state index contributed by atoms with van der Waals surface area (Å²) in [4.78, 5) is 0. The number of hydrogen-bond donors (Lipinski definition) is 1. The Kier molecular flexibility index (Phi) is 4.11. The zero-order valence-corrected chi connectivity index (χ0v) is 13.7. The van der Waals surface area contributed by atoms with Gasteiger partial charge in [0.1, 0.15) is 11.9 Å². The molecule has 2 saturated carbocycles. The van der Waals surface area contributed by atoms with E-state index in [-0.39, 0.29) is 11.5 Å². The minimum absolute atomic E-state index is 0.220. The minimum atomic E-state index is 0.220.